The van der Waals surface area contributed by atoms with Crippen LogP contribution in [0.15, 0.2) is 12.4 Å². The van der Waals surface area contributed by atoms with E-state index in [1.54, 1.807) is 28.8 Å². The number of rotatable bonds is 8. The molecular formula is C10H19N5OS. The van der Waals surface area contributed by atoms with Crippen LogP contribution >= 0.6 is 11.8 Å². The fraction of sp³-hybridized carbons (Fsp3) is 0.700. The minimum atomic E-state index is -0.395. The fourth-order valence-corrected chi connectivity index (χ4v) is 1.80. The molecule has 0 aliphatic heterocycles. The molecule has 0 fully saturated rings. The first-order valence-electron chi connectivity index (χ1n) is 5.60. The van der Waals surface area contributed by atoms with Crippen molar-refractivity contribution in [3.63, 3.8) is 0 Å². The number of aryl methyl sites for hydroxylation is 1. The Morgan fingerprint density at radius 2 is 2.47 bits per heavy atom. The van der Waals surface area contributed by atoms with Gasteiger partial charge in [-0.1, -0.05) is 5.21 Å². The average molecular weight is 257 g/mol. The quantitative estimate of drug-likeness (QED) is 0.633. The summed E-state index contributed by atoms with van der Waals surface area (Å²) in [6.07, 6.45) is 6.98. The standard InChI is InChI=1S/C10H19N5OS/c1-17-8-3-9(11)10(16)12-4-2-6-15-7-5-13-14-15/h5,7,9H,2-4,6,8,11H2,1H3,(H,12,16)/t9-/m1/s1. The normalized spacial score (nSPS) is 12.4. The summed E-state index contributed by atoms with van der Waals surface area (Å²) in [5.74, 6) is 0.839. The van der Waals surface area contributed by atoms with E-state index < -0.39 is 6.04 Å². The summed E-state index contributed by atoms with van der Waals surface area (Å²) in [5, 5.41) is 10.4. The zero-order valence-corrected chi connectivity index (χ0v) is 10.8. The molecular weight excluding hydrogens is 238 g/mol. The van der Waals surface area contributed by atoms with Gasteiger partial charge in [0, 0.05) is 19.3 Å². The zero-order chi connectivity index (χ0) is 12.5. The lowest BCUT2D eigenvalue weighted by Crippen LogP contribution is -2.41. The molecule has 7 heteroatoms. The van der Waals surface area contributed by atoms with Gasteiger partial charge in [0.2, 0.25) is 5.91 Å². The molecule has 1 amide bonds. The minimum absolute atomic E-state index is 0.0716. The molecule has 1 aromatic heterocycles. The van der Waals surface area contributed by atoms with Gasteiger partial charge in [-0.05, 0) is 24.9 Å². The number of aromatic nitrogens is 3. The Hall–Kier alpha value is -1.08. The average Bonchev–Trinajstić information content (AvgIpc) is 2.84. The highest BCUT2D eigenvalue weighted by Gasteiger charge is 2.11. The first-order valence-corrected chi connectivity index (χ1v) is 6.99. The highest BCUT2D eigenvalue weighted by molar-refractivity contribution is 7.98. The minimum Gasteiger partial charge on any atom is -0.355 e. The van der Waals surface area contributed by atoms with Gasteiger partial charge >= 0.3 is 0 Å². The van der Waals surface area contributed by atoms with E-state index in [0.29, 0.717) is 6.54 Å². The first kappa shape index (κ1) is 14.0. The van der Waals surface area contributed by atoms with Gasteiger partial charge in [-0.3, -0.25) is 9.48 Å². The summed E-state index contributed by atoms with van der Waals surface area (Å²) in [7, 11) is 0. The van der Waals surface area contributed by atoms with E-state index in [2.05, 4.69) is 15.6 Å². The Morgan fingerprint density at radius 3 is 3.12 bits per heavy atom. The van der Waals surface area contributed by atoms with Crippen LogP contribution in [0.4, 0.5) is 0 Å². The number of nitrogens with two attached hydrogens (primary N) is 1. The van der Waals surface area contributed by atoms with E-state index in [-0.39, 0.29) is 5.91 Å². The maximum atomic E-state index is 11.5. The second-order valence-electron chi connectivity index (χ2n) is 3.70. The lowest BCUT2D eigenvalue weighted by atomic mass is 10.2. The monoisotopic (exact) mass is 257 g/mol. The van der Waals surface area contributed by atoms with Gasteiger partial charge in [0.1, 0.15) is 0 Å². The summed E-state index contributed by atoms with van der Waals surface area (Å²) in [6, 6.07) is -0.395. The van der Waals surface area contributed by atoms with E-state index in [9.17, 15) is 4.79 Å². The highest BCUT2D eigenvalue weighted by atomic mass is 32.2. The third-order valence-corrected chi connectivity index (χ3v) is 2.95. The highest BCUT2D eigenvalue weighted by Crippen LogP contribution is 1.98. The lowest BCUT2D eigenvalue weighted by molar-refractivity contribution is -0.122. The second kappa shape index (κ2) is 8.08. The molecule has 0 radical (unpaired) electrons. The number of carbonyl (C=O) groups is 1. The lowest BCUT2D eigenvalue weighted by Gasteiger charge is -2.11. The molecule has 17 heavy (non-hydrogen) atoms. The number of thioether (sulfide) groups is 1. The van der Waals surface area contributed by atoms with Gasteiger partial charge in [-0.2, -0.15) is 11.8 Å². The third-order valence-electron chi connectivity index (χ3n) is 2.30. The molecule has 3 N–H and O–H groups in total. The summed E-state index contributed by atoms with van der Waals surface area (Å²) >= 11 is 1.70. The van der Waals surface area contributed by atoms with Crippen LogP contribution in [0, 0.1) is 0 Å². The summed E-state index contributed by atoms with van der Waals surface area (Å²) < 4.78 is 1.74. The van der Waals surface area contributed by atoms with Crippen molar-refractivity contribution >= 4 is 17.7 Å². The van der Waals surface area contributed by atoms with Gasteiger partial charge in [0.15, 0.2) is 0 Å². The van der Waals surface area contributed by atoms with Crippen LogP contribution in [0.2, 0.25) is 0 Å². The summed E-state index contributed by atoms with van der Waals surface area (Å²) in [6.45, 7) is 1.37. The second-order valence-corrected chi connectivity index (χ2v) is 4.68. The van der Waals surface area contributed by atoms with Crippen molar-refractivity contribution in [2.24, 2.45) is 5.73 Å². The van der Waals surface area contributed by atoms with Gasteiger partial charge in [-0.15, -0.1) is 5.10 Å². The van der Waals surface area contributed by atoms with Gasteiger partial charge in [0.05, 0.1) is 12.2 Å². The smallest absolute Gasteiger partial charge is 0.236 e. The summed E-state index contributed by atoms with van der Waals surface area (Å²) in [5.41, 5.74) is 5.73. The number of hydrogen-bond acceptors (Lipinski definition) is 5. The van der Waals surface area contributed by atoms with Crippen molar-refractivity contribution in [1.29, 1.82) is 0 Å². The Balaban J connectivity index is 2.07. The maximum Gasteiger partial charge on any atom is 0.236 e. The van der Waals surface area contributed by atoms with Gasteiger partial charge in [0.25, 0.3) is 0 Å². The van der Waals surface area contributed by atoms with E-state index in [4.69, 9.17) is 5.73 Å². The zero-order valence-electron chi connectivity index (χ0n) is 10.0. The molecule has 0 saturated heterocycles. The van der Waals surface area contributed by atoms with Crippen molar-refractivity contribution < 1.29 is 4.79 Å². The van der Waals surface area contributed by atoms with E-state index in [1.165, 1.54) is 0 Å². The predicted molar refractivity (Wildman–Crippen MR) is 68.6 cm³/mol. The summed E-state index contributed by atoms with van der Waals surface area (Å²) in [4.78, 5) is 11.5. The van der Waals surface area contributed by atoms with Crippen LogP contribution in [-0.2, 0) is 11.3 Å². The maximum absolute atomic E-state index is 11.5. The van der Waals surface area contributed by atoms with E-state index >= 15 is 0 Å². The Morgan fingerprint density at radius 1 is 1.65 bits per heavy atom. The van der Waals surface area contributed by atoms with E-state index in [1.807, 2.05) is 6.26 Å². The topological polar surface area (TPSA) is 85.8 Å². The number of amides is 1. The molecule has 0 spiro atoms. The molecule has 0 aromatic carbocycles. The molecule has 6 nitrogen and oxygen atoms in total. The largest absolute Gasteiger partial charge is 0.355 e. The van der Waals surface area contributed by atoms with Crippen molar-refractivity contribution in [2.45, 2.75) is 25.4 Å². The van der Waals surface area contributed by atoms with Crippen molar-refractivity contribution in [1.82, 2.24) is 20.3 Å². The molecule has 1 atom stereocenters. The molecule has 0 bridgehead atoms. The first-order chi connectivity index (χ1) is 8.24. The number of hydrogen-bond donors (Lipinski definition) is 2. The van der Waals surface area contributed by atoms with Crippen molar-refractivity contribution in [3.05, 3.63) is 12.4 Å². The molecule has 0 aliphatic carbocycles. The van der Waals surface area contributed by atoms with Crippen LogP contribution in [-0.4, -0.2) is 45.5 Å². The molecule has 0 unspecified atom stereocenters. The Bertz CT molecular complexity index is 317. The SMILES string of the molecule is CSCC[C@@H](N)C(=O)NCCCn1ccnn1. The van der Waals surface area contributed by atoms with E-state index in [0.717, 1.165) is 25.1 Å². The Kier molecular flexibility index (Phi) is 6.64. The van der Waals surface area contributed by atoms with Crippen LogP contribution in [0.3, 0.4) is 0 Å². The Labute approximate surface area is 105 Å². The van der Waals surface area contributed by atoms with Crippen LogP contribution in [0.5, 0.6) is 0 Å². The van der Waals surface area contributed by atoms with Crippen LogP contribution in [0.25, 0.3) is 0 Å². The molecule has 1 aromatic rings. The molecule has 0 saturated carbocycles. The number of nitrogens with zero attached hydrogens (tertiary/aromatic N) is 3. The van der Waals surface area contributed by atoms with Crippen molar-refractivity contribution in [3.8, 4) is 0 Å². The predicted octanol–water partition coefficient (Wildman–Crippen LogP) is -0.135. The molecule has 1 rings (SSSR count). The number of nitrogens with one attached hydrogen (secondary N) is 1. The van der Waals surface area contributed by atoms with Gasteiger partial charge < -0.3 is 11.1 Å². The molecule has 1 heterocycles. The van der Waals surface area contributed by atoms with Crippen molar-refractivity contribution in [2.75, 3.05) is 18.6 Å². The number of carbonyl (C=O) groups excluding carboxylic acids is 1. The van der Waals surface area contributed by atoms with Gasteiger partial charge in [-0.25, -0.2) is 0 Å². The van der Waals surface area contributed by atoms with Crippen LogP contribution < -0.4 is 11.1 Å². The molecule has 0 aliphatic rings. The van der Waals surface area contributed by atoms with Crippen LogP contribution in [0.1, 0.15) is 12.8 Å². The fourth-order valence-electron chi connectivity index (χ4n) is 1.31. The molecule has 96 valence electrons. The third kappa shape index (κ3) is 5.69.